The Bertz CT molecular complexity index is 1060. The summed E-state index contributed by atoms with van der Waals surface area (Å²) in [6.07, 6.45) is 5.93. The van der Waals surface area contributed by atoms with Crippen molar-refractivity contribution in [2.75, 3.05) is 0 Å². The highest BCUT2D eigenvalue weighted by atomic mass is 15.1. The molecule has 0 unspecified atom stereocenters. The van der Waals surface area contributed by atoms with Gasteiger partial charge in [-0.15, -0.1) is 0 Å². The molecule has 0 fully saturated rings. The number of nitrogens with zero attached hydrogens (tertiary/aromatic N) is 1. The quantitative estimate of drug-likeness (QED) is 0.414. The van der Waals surface area contributed by atoms with Gasteiger partial charge in [-0.2, -0.15) is 4.58 Å². The molecule has 0 saturated heterocycles. The second-order valence-electron chi connectivity index (χ2n) is 8.05. The van der Waals surface area contributed by atoms with Crippen LogP contribution in [0.4, 0.5) is 5.69 Å². The zero-order chi connectivity index (χ0) is 18.5. The number of hydrogen-bond donors (Lipinski definition) is 0. The maximum Gasteiger partial charge on any atom is 0.205 e. The molecule has 2 aliphatic rings. The third-order valence-electron chi connectivity index (χ3n) is 6.24. The number of para-hydroxylation sites is 1. The van der Waals surface area contributed by atoms with Crippen molar-refractivity contribution in [2.45, 2.75) is 31.2 Å². The molecule has 132 valence electrons. The van der Waals surface area contributed by atoms with Crippen LogP contribution in [-0.4, -0.2) is 16.3 Å². The van der Waals surface area contributed by atoms with Gasteiger partial charge in [-0.05, 0) is 23.1 Å². The van der Waals surface area contributed by atoms with Crippen molar-refractivity contribution in [1.82, 2.24) is 0 Å². The average molecular weight is 350 g/mol. The van der Waals surface area contributed by atoms with E-state index in [1.165, 1.54) is 28.0 Å². The van der Waals surface area contributed by atoms with E-state index in [-0.39, 0.29) is 11.0 Å². The molecular weight excluding hydrogens is 326 g/mol. The fraction of sp³-hybridized carbons (Fsp3) is 0.192. The molecule has 0 bridgehead atoms. The van der Waals surface area contributed by atoms with E-state index >= 15 is 0 Å². The zero-order valence-electron chi connectivity index (χ0n) is 15.9. The Hall–Kier alpha value is -2.93. The predicted molar refractivity (Wildman–Crippen MR) is 112 cm³/mol. The summed E-state index contributed by atoms with van der Waals surface area (Å²) in [5.41, 5.74) is 6.59. The van der Waals surface area contributed by atoms with Crippen LogP contribution in [0.3, 0.4) is 0 Å². The summed E-state index contributed by atoms with van der Waals surface area (Å²) < 4.78 is 2.47. The standard InChI is InChI=1S/C26H24N/c1-25(2)24-18-17-20-11-9-10-16-23(20)26(24,21-12-5-3-6-13-21)19-27(25)22-14-7-4-8-15-22/h3-16,18-19H,17H2,1-2H3/q+1/t26-/m1/s1. The summed E-state index contributed by atoms with van der Waals surface area (Å²) in [6.45, 7) is 4.70. The van der Waals surface area contributed by atoms with Gasteiger partial charge in [-0.1, -0.05) is 78.9 Å². The Morgan fingerprint density at radius 1 is 0.741 bits per heavy atom. The van der Waals surface area contributed by atoms with Gasteiger partial charge in [0.15, 0.2) is 11.8 Å². The molecular formula is C26H24N+. The zero-order valence-corrected chi connectivity index (χ0v) is 15.9. The van der Waals surface area contributed by atoms with Crippen molar-refractivity contribution < 1.29 is 4.58 Å². The predicted octanol–water partition coefficient (Wildman–Crippen LogP) is 5.66. The molecule has 0 saturated carbocycles. The Labute approximate surface area is 161 Å². The molecule has 0 spiro atoms. The highest BCUT2D eigenvalue weighted by Crippen LogP contribution is 2.52. The van der Waals surface area contributed by atoms with Crippen molar-refractivity contribution in [2.24, 2.45) is 0 Å². The summed E-state index contributed by atoms with van der Waals surface area (Å²) >= 11 is 0. The lowest BCUT2D eigenvalue weighted by atomic mass is 9.63. The van der Waals surface area contributed by atoms with Crippen LogP contribution in [-0.2, 0) is 11.8 Å². The fourth-order valence-corrected chi connectivity index (χ4v) is 5.03. The SMILES string of the molecule is CC1(C)C2=CCc3ccccc3[C@]2(c2ccccc2)C=[N+]1c1ccccc1. The van der Waals surface area contributed by atoms with Crippen LogP contribution >= 0.6 is 0 Å². The van der Waals surface area contributed by atoms with Crippen molar-refractivity contribution in [3.63, 3.8) is 0 Å². The minimum Gasteiger partial charge on any atom is -0.192 e. The molecule has 1 nitrogen and oxygen atoms in total. The fourth-order valence-electron chi connectivity index (χ4n) is 5.03. The first-order valence-corrected chi connectivity index (χ1v) is 9.69. The number of hydrogen-bond acceptors (Lipinski definition) is 0. The molecule has 3 aromatic carbocycles. The van der Waals surface area contributed by atoms with E-state index in [1.807, 2.05) is 0 Å². The van der Waals surface area contributed by atoms with Gasteiger partial charge in [0, 0.05) is 31.6 Å². The van der Waals surface area contributed by atoms with Crippen molar-refractivity contribution >= 4 is 11.9 Å². The first kappa shape index (κ1) is 16.3. The maximum atomic E-state index is 2.47. The summed E-state index contributed by atoms with van der Waals surface area (Å²) in [4.78, 5) is 0. The van der Waals surface area contributed by atoms with Gasteiger partial charge < -0.3 is 0 Å². The minimum absolute atomic E-state index is 0.0925. The first-order chi connectivity index (χ1) is 13.1. The molecule has 27 heavy (non-hydrogen) atoms. The summed E-state index contributed by atoms with van der Waals surface area (Å²) in [7, 11) is 0. The molecule has 0 N–H and O–H groups in total. The van der Waals surface area contributed by atoms with Crippen LogP contribution < -0.4 is 0 Å². The number of fused-ring (bicyclic) bond motifs is 3. The van der Waals surface area contributed by atoms with E-state index in [9.17, 15) is 0 Å². The molecule has 0 aromatic heterocycles. The van der Waals surface area contributed by atoms with Gasteiger partial charge in [0.05, 0.1) is 0 Å². The number of benzene rings is 3. The average Bonchev–Trinajstić information content (AvgIpc) is 2.98. The van der Waals surface area contributed by atoms with Crippen LogP contribution in [0.25, 0.3) is 0 Å². The van der Waals surface area contributed by atoms with Gasteiger partial charge in [-0.3, -0.25) is 0 Å². The lowest BCUT2D eigenvalue weighted by Gasteiger charge is -2.35. The van der Waals surface area contributed by atoms with Gasteiger partial charge in [0.25, 0.3) is 0 Å². The third-order valence-corrected chi connectivity index (χ3v) is 6.24. The Morgan fingerprint density at radius 2 is 1.37 bits per heavy atom. The first-order valence-electron chi connectivity index (χ1n) is 9.69. The Kier molecular flexibility index (Phi) is 3.48. The second-order valence-corrected chi connectivity index (χ2v) is 8.05. The molecule has 1 heteroatoms. The maximum absolute atomic E-state index is 2.47. The van der Waals surface area contributed by atoms with Crippen LogP contribution in [0, 0.1) is 0 Å². The van der Waals surface area contributed by atoms with E-state index in [1.54, 1.807) is 0 Å². The molecule has 0 amide bonds. The number of rotatable bonds is 2. The third kappa shape index (κ3) is 2.21. The van der Waals surface area contributed by atoms with Gasteiger partial charge in [-0.25, -0.2) is 0 Å². The molecule has 1 heterocycles. The lowest BCUT2D eigenvalue weighted by Crippen LogP contribution is -2.39. The smallest absolute Gasteiger partial charge is 0.192 e. The molecule has 1 aliphatic carbocycles. The normalized spacial score (nSPS) is 22.4. The van der Waals surface area contributed by atoms with Crippen LogP contribution in [0.1, 0.15) is 30.5 Å². The molecule has 0 radical (unpaired) electrons. The summed E-state index contributed by atoms with van der Waals surface area (Å²) in [6, 6.07) is 30.6. The summed E-state index contributed by atoms with van der Waals surface area (Å²) in [5, 5.41) is 0. The Balaban J connectivity index is 1.87. The second kappa shape index (κ2) is 5.79. The van der Waals surface area contributed by atoms with Gasteiger partial charge in [0.1, 0.15) is 5.41 Å². The van der Waals surface area contributed by atoms with Gasteiger partial charge in [0.2, 0.25) is 5.69 Å². The highest BCUT2D eigenvalue weighted by Gasteiger charge is 2.58. The summed E-state index contributed by atoms with van der Waals surface area (Å²) in [5.74, 6) is 0. The molecule has 1 aliphatic heterocycles. The van der Waals surface area contributed by atoms with E-state index in [2.05, 4.69) is 116 Å². The highest BCUT2D eigenvalue weighted by molar-refractivity contribution is 5.87. The largest absolute Gasteiger partial charge is 0.205 e. The lowest BCUT2D eigenvalue weighted by molar-refractivity contribution is -0.501. The van der Waals surface area contributed by atoms with Crippen molar-refractivity contribution in [3.05, 3.63) is 113 Å². The van der Waals surface area contributed by atoms with E-state index in [0.717, 1.165) is 6.42 Å². The van der Waals surface area contributed by atoms with Crippen LogP contribution in [0.5, 0.6) is 0 Å². The Morgan fingerprint density at radius 3 is 2.11 bits per heavy atom. The molecule has 3 aromatic rings. The monoisotopic (exact) mass is 350 g/mol. The van der Waals surface area contributed by atoms with Crippen LogP contribution in [0.2, 0.25) is 0 Å². The van der Waals surface area contributed by atoms with E-state index in [0.29, 0.717) is 0 Å². The van der Waals surface area contributed by atoms with Gasteiger partial charge >= 0.3 is 0 Å². The van der Waals surface area contributed by atoms with Crippen molar-refractivity contribution in [1.29, 1.82) is 0 Å². The van der Waals surface area contributed by atoms with Crippen LogP contribution in [0.15, 0.2) is 96.6 Å². The van der Waals surface area contributed by atoms with Crippen molar-refractivity contribution in [3.8, 4) is 0 Å². The minimum atomic E-state index is -0.213. The topological polar surface area (TPSA) is 3.01 Å². The molecule has 1 atom stereocenters. The molecule has 5 rings (SSSR count). The number of allylic oxidation sites excluding steroid dienone is 1. The van der Waals surface area contributed by atoms with E-state index < -0.39 is 0 Å². The van der Waals surface area contributed by atoms with E-state index in [4.69, 9.17) is 0 Å².